The highest BCUT2D eigenvalue weighted by Crippen LogP contribution is 2.52. The van der Waals surface area contributed by atoms with Gasteiger partial charge in [0.05, 0.1) is 12.0 Å². The van der Waals surface area contributed by atoms with Crippen molar-refractivity contribution in [3.05, 3.63) is 77.9 Å². The highest BCUT2D eigenvalue weighted by atomic mass is 16.6. The molecular weight excluding hydrogens is 468 g/mol. The fraction of sp³-hybridized carbons (Fsp3) is 0.433. The monoisotopic (exact) mass is 504 g/mol. The maximum absolute atomic E-state index is 13.2. The molecule has 2 aromatic rings. The van der Waals surface area contributed by atoms with Crippen LogP contribution in [0.2, 0.25) is 0 Å². The van der Waals surface area contributed by atoms with E-state index in [9.17, 15) is 14.4 Å². The van der Waals surface area contributed by atoms with Crippen LogP contribution in [-0.2, 0) is 31.9 Å². The molecule has 7 nitrogen and oxygen atoms in total. The van der Waals surface area contributed by atoms with Gasteiger partial charge in [0.2, 0.25) is 5.91 Å². The number of nitrogens with one attached hydrogen (secondary N) is 2. The van der Waals surface area contributed by atoms with Crippen LogP contribution >= 0.6 is 0 Å². The van der Waals surface area contributed by atoms with Crippen molar-refractivity contribution in [2.75, 3.05) is 11.9 Å². The van der Waals surface area contributed by atoms with Gasteiger partial charge in [0, 0.05) is 11.6 Å². The number of benzene rings is 2. The minimum absolute atomic E-state index is 0.136. The topological polar surface area (TPSA) is 93.7 Å². The van der Waals surface area contributed by atoms with Crippen LogP contribution in [0, 0.1) is 11.3 Å². The minimum atomic E-state index is -0.771. The second-order valence-electron chi connectivity index (χ2n) is 11.2. The molecule has 0 aromatic heterocycles. The molecule has 37 heavy (non-hydrogen) atoms. The summed E-state index contributed by atoms with van der Waals surface area (Å²) >= 11 is 0. The quantitative estimate of drug-likeness (QED) is 0.381. The standard InChI is InChI=1S/C30H36N2O5/c1-20-16-23-19-36-27(34)30(23,17-20)18-22-10-13-24(14-11-22)31-26(33)25(32-28(35)37-29(2,3)4)15-12-21-8-6-5-7-9-21/h5-11,13-14,23,25H,1,12,15-19H2,2-4H3,(H,31,33)(H,32,35). The van der Waals surface area contributed by atoms with E-state index in [4.69, 9.17) is 9.47 Å². The number of aryl methyl sites for hydroxylation is 1. The van der Waals surface area contributed by atoms with Gasteiger partial charge in [0.1, 0.15) is 11.6 Å². The van der Waals surface area contributed by atoms with Gasteiger partial charge in [-0.2, -0.15) is 0 Å². The number of amides is 2. The van der Waals surface area contributed by atoms with E-state index in [1.54, 1.807) is 20.8 Å². The van der Waals surface area contributed by atoms with Gasteiger partial charge in [-0.3, -0.25) is 9.59 Å². The lowest BCUT2D eigenvalue weighted by molar-refractivity contribution is -0.146. The molecule has 2 amide bonds. The zero-order chi connectivity index (χ0) is 26.6. The molecule has 7 heteroatoms. The molecule has 2 aromatic carbocycles. The highest BCUT2D eigenvalue weighted by molar-refractivity contribution is 5.96. The predicted molar refractivity (Wildman–Crippen MR) is 142 cm³/mol. The number of carbonyl (C=O) groups excluding carboxylic acids is 3. The van der Waals surface area contributed by atoms with E-state index in [0.29, 0.717) is 38.0 Å². The normalized spacial score (nSPS) is 21.6. The van der Waals surface area contributed by atoms with E-state index in [1.165, 1.54) is 0 Å². The Kier molecular flexibility index (Phi) is 7.71. The fourth-order valence-corrected chi connectivity index (χ4v) is 5.24. The zero-order valence-electron chi connectivity index (χ0n) is 21.8. The molecule has 196 valence electrons. The number of carbonyl (C=O) groups is 3. The van der Waals surface area contributed by atoms with E-state index in [1.807, 2.05) is 54.6 Å². The Morgan fingerprint density at radius 1 is 1.11 bits per heavy atom. The van der Waals surface area contributed by atoms with Crippen molar-refractivity contribution in [1.82, 2.24) is 5.32 Å². The minimum Gasteiger partial charge on any atom is -0.465 e. The van der Waals surface area contributed by atoms with Gasteiger partial charge in [0.15, 0.2) is 0 Å². The molecule has 2 aliphatic rings. The Bertz CT molecular complexity index is 1150. The Morgan fingerprint density at radius 3 is 2.49 bits per heavy atom. The number of ether oxygens (including phenoxy) is 2. The molecule has 1 saturated heterocycles. The van der Waals surface area contributed by atoms with Crippen molar-refractivity contribution in [1.29, 1.82) is 0 Å². The van der Waals surface area contributed by atoms with Crippen molar-refractivity contribution in [3.63, 3.8) is 0 Å². The number of hydrogen-bond donors (Lipinski definition) is 2. The molecule has 3 unspecified atom stereocenters. The maximum atomic E-state index is 13.2. The van der Waals surface area contributed by atoms with Crippen LogP contribution in [0.1, 0.15) is 51.2 Å². The molecule has 0 bridgehead atoms. The first-order chi connectivity index (χ1) is 17.5. The second-order valence-corrected chi connectivity index (χ2v) is 11.2. The largest absolute Gasteiger partial charge is 0.465 e. The molecule has 1 saturated carbocycles. The van der Waals surface area contributed by atoms with Gasteiger partial charge < -0.3 is 20.1 Å². The van der Waals surface area contributed by atoms with Crippen molar-refractivity contribution in [3.8, 4) is 0 Å². The van der Waals surface area contributed by atoms with Crippen LogP contribution in [0.4, 0.5) is 10.5 Å². The smallest absolute Gasteiger partial charge is 0.408 e. The van der Waals surface area contributed by atoms with Crippen LogP contribution in [0.3, 0.4) is 0 Å². The summed E-state index contributed by atoms with van der Waals surface area (Å²) in [5.74, 6) is -0.279. The van der Waals surface area contributed by atoms with E-state index in [0.717, 1.165) is 23.1 Å². The molecule has 1 heterocycles. The molecule has 0 radical (unpaired) electrons. The van der Waals surface area contributed by atoms with Gasteiger partial charge in [-0.1, -0.05) is 54.6 Å². The first kappa shape index (κ1) is 26.5. The predicted octanol–water partition coefficient (Wildman–Crippen LogP) is 5.20. The average Bonchev–Trinajstić information content (AvgIpc) is 3.30. The summed E-state index contributed by atoms with van der Waals surface area (Å²) in [5.41, 5.74) is 2.60. The first-order valence-electron chi connectivity index (χ1n) is 12.8. The van der Waals surface area contributed by atoms with Crippen molar-refractivity contribution < 1.29 is 23.9 Å². The summed E-state index contributed by atoms with van der Waals surface area (Å²) in [5, 5.41) is 5.64. The summed E-state index contributed by atoms with van der Waals surface area (Å²) in [7, 11) is 0. The number of cyclic esters (lactones) is 1. The van der Waals surface area contributed by atoms with Gasteiger partial charge >= 0.3 is 12.1 Å². The van der Waals surface area contributed by atoms with Crippen LogP contribution in [0.15, 0.2) is 66.7 Å². The maximum Gasteiger partial charge on any atom is 0.408 e. The number of anilines is 1. The Balaban J connectivity index is 1.41. The molecule has 3 atom stereocenters. The lowest BCUT2D eigenvalue weighted by Gasteiger charge is -2.24. The SMILES string of the molecule is C=C1CC2COC(=O)C2(Cc2ccc(NC(=O)C(CCc3ccccc3)NC(=O)OC(C)(C)C)cc2)C1. The third kappa shape index (κ3) is 6.59. The van der Waals surface area contributed by atoms with Gasteiger partial charge in [-0.05, 0) is 76.1 Å². The molecular formula is C30H36N2O5. The van der Waals surface area contributed by atoms with Crippen LogP contribution in [-0.4, -0.2) is 36.2 Å². The summed E-state index contributed by atoms with van der Waals surface area (Å²) in [4.78, 5) is 38.2. The lowest BCUT2D eigenvalue weighted by Crippen LogP contribution is -2.46. The summed E-state index contributed by atoms with van der Waals surface area (Å²) < 4.78 is 10.8. The number of alkyl carbamates (subject to hydrolysis) is 1. The molecule has 1 aliphatic heterocycles. The van der Waals surface area contributed by atoms with E-state index >= 15 is 0 Å². The number of esters is 1. The van der Waals surface area contributed by atoms with E-state index < -0.39 is 23.2 Å². The summed E-state index contributed by atoms with van der Waals surface area (Å²) in [6.07, 6.45) is 2.49. The van der Waals surface area contributed by atoms with E-state index in [-0.39, 0.29) is 17.8 Å². The van der Waals surface area contributed by atoms with Crippen molar-refractivity contribution in [2.24, 2.45) is 11.3 Å². The third-order valence-electron chi connectivity index (χ3n) is 7.02. The van der Waals surface area contributed by atoms with E-state index in [2.05, 4.69) is 17.2 Å². The number of hydrogen-bond acceptors (Lipinski definition) is 5. The highest BCUT2D eigenvalue weighted by Gasteiger charge is 2.55. The number of fused-ring (bicyclic) bond motifs is 1. The Morgan fingerprint density at radius 2 is 1.81 bits per heavy atom. The third-order valence-corrected chi connectivity index (χ3v) is 7.02. The fourth-order valence-electron chi connectivity index (χ4n) is 5.24. The second kappa shape index (κ2) is 10.8. The molecule has 4 rings (SSSR count). The molecule has 2 fully saturated rings. The molecule has 2 N–H and O–H groups in total. The Labute approximate surface area is 218 Å². The molecule has 1 aliphatic carbocycles. The number of rotatable bonds is 8. The van der Waals surface area contributed by atoms with Crippen molar-refractivity contribution >= 4 is 23.7 Å². The zero-order valence-corrected chi connectivity index (χ0v) is 21.8. The van der Waals surface area contributed by atoms with Crippen LogP contribution in [0.5, 0.6) is 0 Å². The lowest BCUT2D eigenvalue weighted by atomic mass is 9.75. The average molecular weight is 505 g/mol. The van der Waals surface area contributed by atoms with Crippen LogP contribution < -0.4 is 10.6 Å². The first-order valence-corrected chi connectivity index (χ1v) is 12.8. The van der Waals surface area contributed by atoms with Crippen LogP contribution in [0.25, 0.3) is 0 Å². The van der Waals surface area contributed by atoms with Gasteiger partial charge in [-0.25, -0.2) is 4.79 Å². The Hall–Kier alpha value is -3.61. The van der Waals surface area contributed by atoms with Gasteiger partial charge in [0.25, 0.3) is 0 Å². The number of allylic oxidation sites excluding steroid dienone is 1. The van der Waals surface area contributed by atoms with Crippen molar-refractivity contribution in [2.45, 2.75) is 64.5 Å². The van der Waals surface area contributed by atoms with Gasteiger partial charge in [-0.15, -0.1) is 0 Å². The molecule has 0 spiro atoms. The summed E-state index contributed by atoms with van der Waals surface area (Å²) in [6.45, 7) is 9.90. The summed E-state index contributed by atoms with van der Waals surface area (Å²) in [6, 6.07) is 16.5.